The molecule has 2 atom stereocenters. The van der Waals surface area contributed by atoms with Crippen molar-refractivity contribution in [2.24, 2.45) is 17.3 Å². The Labute approximate surface area is 106 Å². The van der Waals surface area contributed by atoms with Crippen LogP contribution in [0.15, 0.2) is 0 Å². The van der Waals surface area contributed by atoms with Crippen LogP contribution in [-0.2, 0) is 4.74 Å². The number of nitrogens with zero attached hydrogens (tertiary/aromatic N) is 1. The highest BCUT2D eigenvalue weighted by Crippen LogP contribution is 2.40. The van der Waals surface area contributed by atoms with Crippen LogP contribution in [-0.4, -0.2) is 44.9 Å². The van der Waals surface area contributed by atoms with E-state index in [0.29, 0.717) is 5.92 Å². The predicted octanol–water partition coefficient (Wildman–Crippen LogP) is 2.98. The van der Waals surface area contributed by atoms with Crippen molar-refractivity contribution in [1.29, 1.82) is 0 Å². The molecule has 0 aromatic rings. The molecule has 1 fully saturated rings. The van der Waals surface area contributed by atoms with Crippen LogP contribution in [0.4, 0.5) is 4.39 Å². The molecule has 102 valence electrons. The minimum atomic E-state index is -0.165. The molecule has 0 spiro atoms. The SMILES string of the molecule is COCCN1CC[C@H](CF)[C@](C)(CC(C)C)C1. The van der Waals surface area contributed by atoms with Crippen molar-refractivity contribution >= 4 is 0 Å². The van der Waals surface area contributed by atoms with E-state index in [2.05, 4.69) is 25.7 Å². The first-order chi connectivity index (χ1) is 8.01. The first kappa shape index (κ1) is 14.9. The minimum absolute atomic E-state index is 0.134. The Morgan fingerprint density at radius 3 is 2.71 bits per heavy atom. The number of rotatable bonds is 6. The maximum atomic E-state index is 13.2. The largest absolute Gasteiger partial charge is 0.383 e. The van der Waals surface area contributed by atoms with E-state index in [1.165, 1.54) is 0 Å². The van der Waals surface area contributed by atoms with Gasteiger partial charge in [-0.05, 0) is 36.6 Å². The van der Waals surface area contributed by atoms with E-state index >= 15 is 0 Å². The number of piperidine rings is 1. The predicted molar refractivity (Wildman–Crippen MR) is 70.0 cm³/mol. The number of hydrogen-bond donors (Lipinski definition) is 0. The van der Waals surface area contributed by atoms with Gasteiger partial charge in [-0.2, -0.15) is 0 Å². The molecule has 1 heterocycles. The van der Waals surface area contributed by atoms with Gasteiger partial charge in [0.1, 0.15) is 0 Å². The second-order valence-electron chi connectivity index (χ2n) is 6.16. The molecule has 0 aromatic heterocycles. The molecule has 0 aliphatic carbocycles. The smallest absolute Gasteiger partial charge is 0.0928 e. The average Bonchev–Trinajstić information content (AvgIpc) is 2.24. The summed E-state index contributed by atoms with van der Waals surface area (Å²) in [7, 11) is 1.74. The lowest BCUT2D eigenvalue weighted by Crippen LogP contribution is -2.49. The van der Waals surface area contributed by atoms with E-state index < -0.39 is 0 Å². The highest BCUT2D eigenvalue weighted by molar-refractivity contribution is 4.90. The molecule has 2 nitrogen and oxygen atoms in total. The summed E-state index contributed by atoms with van der Waals surface area (Å²) in [5.74, 6) is 0.875. The molecular weight excluding hydrogens is 217 g/mol. The summed E-state index contributed by atoms with van der Waals surface area (Å²) in [6.07, 6.45) is 2.11. The molecular formula is C14H28FNO. The summed E-state index contributed by atoms with van der Waals surface area (Å²) >= 11 is 0. The van der Waals surface area contributed by atoms with E-state index in [-0.39, 0.29) is 18.0 Å². The van der Waals surface area contributed by atoms with Gasteiger partial charge >= 0.3 is 0 Å². The molecule has 0 unspecified atom stereocenters. The second-order valence-corrected chi connectivity index (χ2v) is 6.16. The molecule has 3 heteroatoms. The summed E-state index contributed by atoms with van der Waals surface area (Å²) in [5.41, 5.74) is 0.134. The van der Waals surface area contributed by atoms with Gasteiger partial charge in [0.25, 0.3) is 0 Å². The summed E-state index contributed by atoms with van der Waals surface area (Å²) in [4.78, 5) is 2.43. The molecule has 0 saturated carbocycles. The fourth-order valence-electron chi connectivity index (χ4n) is 3.24. The summed E-state index contributed by atoms with van der Waals surface area (Å²) in [5, 5.41) is 0. The van der Waals surface area contributed by atoms with Crippen molar-refractivity contribution in [1.82, 2.24) is 4.90 Å². The van der Waals surface area contributed by atoms with Crippen LogP contribution in [0.5, 0.6) is 0 Å². The van der Waals surface area contributed by atoms with Gasteiger partial charge < -0.3 is 9.64 Å². The van der Waals surface area contributed by atoms with E-state index in [9.17, 15) is 4.39 Å². The van der Waals surface area contributed by atoms with Gasteiger partial charge in [-0.25, -0.2) is 0 Å². The van der Waals surface area contributed by atoms with Crippen LogP contribution in [0.2, 0.25) is 0 Å². The highest BCUT2D eigenvalue weighted by atomic mass is 19.1. The van der Waals surface area contributed by atoms with Crippen LogP contribution in [0.25, 0.3) is 0 Å². The molecule has 0 amide bonds. The summed E-state index contributed by atoms with van der Waals surface area (Å²) < 4.78 is 18.3. The lowest BCUT2D eigenvalue weighted by molar-refractivity contribution is 0.00262. The summed E-state index contributed by atoms with van der Waals surface area (Å²) in [6, 6.07) is 0. The van der Waals surface area contributed by atoms with E-state index in [1.54, 1.807) is 7.11 Å². The third-order valence-corrected chi connectivity index (χ3v) is 4.04. The first-order valence-electron chi connectivity index (χ1n) is 6.79. The van der Waals surface area contributed by atoms with Gasteiger partial charge in [0, 0.05) is 20.2 Å². The van der Waals surface area contributed by atoms with Crippen molar-refractivity contribution in [3.63, 3.8) is 0 Å². The van der Waals surface area contributed by atoms with Crippen molar-refractivity contribution in [3.05, 3.63) is 0 Å². The molecule has 1 rings (SSSR count). The number of ether oxygens (including phenoxy) is 1. The zero-order valence-electron chi connectivity index (χ0n) is 11.8. The molecule has 0 aromatic carbocycles. The molecule has 0 radical (unpaired) electrons. The van der Waals surface area contributed by atoms with Crippen molar-refractivity contribution in [3.8, 4) is 0 Å². The highest BCUT2D eigenvalue weighted by Gasteiger charge is 2.39. The zero-order chi connectivity index (χ0) is 12.9. The van der Waals surface area contributed by atoms with Gasteiger partial charge in [0.15, 0.2) is 0 Å². The molecule has 17 heavy (non-hydrogen) atoms. The van der Waals surface area contributed by atoms with Crippen LogP contribution in [0, 0.1) is 17.3 Å². The van der Waals surface area contributed by atoms with Crippen molar-refractivity contribution in [2.75, 3.05) is 40.0 Å². The number of alkyl halides is 1. The van der Waals surface area contributed by atoms with Crippen molar-refractivity contribution in [2.45, 2.75) is 33.6 Å². The van der Waals surface area contributed by atoms with E-state index in [0.717, 1.165) is 39.1 Å². The van der Waals surface area contributed by atoms with Crippen LogP contribution >= 0.6 is 0 Å². The fraction of sp³-hybridized carbons (Fsp3) is 1.00. The Hall–Kier alpha value is -0.150. The Morgan fingerprint density at radius 1 is 1.47 bits per heavy atom. The van der Waals surface area contributed by atoms with Gasteiger partial charge in [-0.15, -0.1) is 0 Å². The number of halogens is 1. The molecule has 0 bridgehead atoms. The number of hydrogen-bond acceptors (Lipinski definition) is 2. The second kappa shape index (κ2) is 6.69. The third kappa shape index (κ3) is 4.22. The zero-order valence-corrected chi connectivity index (χ0v) is 11.8. The Bertz CT molecular complexity index is 222. The fourth-order valence-corrected chi connectivity index (χ4v) is 3.24. The van der Waals surface area contributed by atoms with Crippen LogP contribution in [0.1, 0.15) is 33.6 Å². The lowest BCUT2D eigenvalue weighted by atomic mass is 9.68. The van der Waals surface area contributed by atoms with Crippen LogP contribution in [0.3, 0.4) is 0 Å². The van der Waals surface area contributed by atoms with Gasteiger partial charge in [-0.3, -0.25) is 4.39 Å². The Morgan fingerprint density at radius 2 is 2.18 bits per heavy atom. The molecule has 1 saturated heterocycles. The normalized spacial score (nSPS) is 31.1. The Kier molecular flexibility index (Phi) is 5.87. The topological polar surface area (TPSA) is 12.5 Å². The minimum Gasteiger partial charge on any atom is -0.383 e. The maximum Gasteiger partial charge on any atom is 0.0928 e. The molecule has 0 N–H and O–H groups in total. The standard InChI is InChI=1S/C14H28FNO/c1-12(2)9-14(3)11-16(7-8-17-4)6-5-13(14)10-15/h12-13H,5-11H2,1-4H3/t13-,14-/m1/s1. The molecule has 1 aliphatic rings. The summed E-state index contributed by atoms with van der Waals surface area (Å²) in [6.45, 7) is 10.3. The van der Waals surface area contributed by atoms with Gasteiger partial charge in [-0.1, -0.05) is 20.8 Å². The van der Waals surface area contributed by atoms with Crippen LogP contribution < -0.4 is 0 Å². The van der Waals surface area contributed by atoms with Gasteiger partial charge in [0.05, 0.1) is 13.3 Å². The number of likely N-dealkylation sites (tertiary alicyclic amines) is 1. The van der Waals surface area contributed by atoms with E-state index in [1.807, 2.05) is 0 Å². The monoisotopic (exact) mass is 245 g/mol. The van der Waals surface area contributed by atoms with E-state index in [4.69, 9.17) is 4.74 Å². The third-order valence-electron chi connectivity index (χ3n) is 4.04. The van der Waals surface area contributed by atoms with Gasteiger partial charge in [0.2, 0.25) is 0 Å². The maximum absolute atomic E-state index is 13.2. The van der Waals surface area contributed by atoms with Crippen molar-refractivity contribution < 1.29 is 9.13 Å². The first-order valence-corrected chi connectivity index (χ1v) is 6.79. The quantitative estimate of drug-likeness (QED) is 0.713. The average molecular weight is 245 g/mol. The lowest BCUT2D eigenvalue weighted by Gasteiger charge is -2.46. The Balaban J connectivity index is 2.60. The molecule has 1 aliphatic heterocycles. The number of methoxy groups -OCH3 is 1.